The molecule has 2 aliphatic rings. The molecule has 0 spiro atoms. The van der Waals surface area contributed by atoms with Gasteiger partial charge in [0.25, 0.3) is 0 Å². The number of fused-ring (bicyclic) bond motifs is 2. The van der Waals surface area contributed by atoms with Gasteiger partial charge in [-0.2, -0.15) is 0 Å². The largest absolute Gasteiger partial charge is 0.545 e. The van der Waals surface area contributed by atoms with Crippen LogP contribution in [0.5, 0.6) is 0 Å². The van der Waals surface area contributed by atoms with Crippen molar-refractivity contribution in [2.45, 2.75) is 13.8 Å². The van der Waals surface area contributed by atoms with Crippen LogP contribution in [0, 0.1) is 5.92 Å². The second-order valence-corrected chi connectivity index (χ2v) is 9.19. The van der Waals surface area contributed by atoms with E-state index in [0.717, 1.165) is 27.6 Å². The summed E-state index contributed by atoms with van der Waals surface area (Å²) in [6.07, 6.45) is 0. The summed E-state index contributed by atoms with van der Waals surface area (Å²) in [4.78, 5) is 26.8. The Morgan fingerprint density at radius 3 is 2.26 bits per heavy atom. The van der Waals surface area contributed by atoms with E-state index in [4.69, 9.17) is 4.42 Å². The number of Topliss-reactive ketones (excluding diaryl/α,β-unsaturated/α-hetero) is 1. The predicted octanol–water partition coefficient (Wildman–Crippen LogP) is 3.50. The molecule has 0 bridgehead atoms. The standard InChI is InChI=1S/C28H28N2O4/c1-16(2)27(31)17-7-10-20(23(13-17)28(32)33)26-21-11-8-18(29(3)4)14-24(21)34-25-15-19(30(5)6)9-12-22(25)26/h7-16H,1-6H3. The van der Waals surface area contributed by atoms with Gasteiger partial charge < -0.3 is 19.2 Å². The average Bonchev–Trinajstić information content (AvgIpc) is 2.80. The second-order valence-electron chi connectivity index (χ2n) is 9.19. The first kappa shape index (κ1) is 23.2. The molecule has 0 fully saturated rings. The summed E-state index contributed by atoms with van der Waals surface area (Å²) in [5.74, 6) is -1.05. The SMILES string of the molecule is CC(C)C(=O)c1ccc(-c2c3ccc(=[N+](C)C)cc-3oc3cc(N(C)C)ccc23)c(C(=O)[O-])c1. The van der Waals surface area contributed by atoms with Crippen molar-refractivity contribution >= 4 is 28.4 Å². The zero-order valence-corrected chi connectivity index (χ0v) is 20.3. The van der Waals surface area contributed by atoms with Crippen LogP contribution in [0.25, 0.3) is 33.4 Å². The highest BCUT2D eigenvalue weighted by Crippen LogP contribution is 2.42. The Bertz CT molecular complexity index is 1470. The molecule has 174 valence electrons. The van der Waals surface area contributed by atoms with Gasteiger partial charge in [0.15, 0.2) is 5.78 Å². The van der Waals surface area contributed by atoms with E-state index in [9.17, 15) is 14.7 Å². The molecule has 0 aromatic heterocycles. The summed E-state index contributed by atoms with van der Waals surface area (Å²) in [7, 11) is 7.80. The van der Waals surface area contributed by atoms with Gasteiger partial charge >= 0.3 is 0 Å². The Kier molecular flexibility index (Phi) is 6.00. The zero-order valence-electron chi connectivity index (χ0n) is 20.3. The van der Waals surface area contributed by atoms with Crippen LogP contribution in [0.2, 0.25) is 0 Å². The summed E-state index contributed by atoms with van der Waals surface area (Å²) in [6.45, 7) is 3.58. The molecule has 0 unspecified atom stereocenters. The van der Waals surface area contributed by atoms with Crippen molar-refractivity contribution in [3.8, 4) is 22.5 Å². The number of carboxylic acid groups (broad SMARTS) is 1. The molecule has 2 aromatic rings. The molecule has 1 heterocycles. The number of benzene rings is 3. The molecule has 4 rings (SSSR count). The van der Waals surface area contributed by atoms with Crippen molar-refractivity contribution in [3.63, 3.8) is 0 Å². The number of anilines is 1. The molecule has 6 heteroatoms. The molecule has 0 radical (unpaired) electrons. The summed E-state index contributed by atoms with van der Waals surface area (Å²) >= 11 is 0. The monoisotopic (exact) mass is 456 g/mol. The van der Waals surface area contributed by atoms with Crippen LogP contribution in [0.4, 0.5) is 5.69 Å². The third-order valence-corrected chi connectivity index (χ3v) is 6.04. The van der Waals surface area contributed by atoms with Crippen molar-refractivity contribution in [1.82, 2.24) is 4.58 Å². The van der Waals surface area contributed by atoms with E-state index in [0.29, 0.717) is 22.5 Å². The molecule has 0 amide bonds. The Morgan fingerprint density at radius 1 is 0.941 bits per heavy atom. The van der Waals surface area contributed by atoms with E-state index in [1.807, 2.05) is 74.1 Å². The lowest BCUT2D eigenvalue weighted by Crippen LogP contribution is -2.24. The van der Waals surface area contributed by atoms with E-state index in [1.165, 1.54) is 6.07 Å². The molecule has 2 aromatic carbocycles. The first-order chi connectivity index (χ1) is 16.1. The lowest BCUT2D eigenvalue weighted by atomic mass is 9.88. The van der Waals surface area contributed by atoms with Crippen molar-refractivity contribution in [2.75, 3.05) is 33.1 Å². The van der Waals surface area contributed by atoms with Gasteiger partial charge in [0.1, 0.15) is 25.4 Å². The Hall–Kier alpha value is -3.93. The van der Waals surface area contributed by atoms with Gasteiger partial charge in [-0.15, -0.1) is 0 Å². The van der Waals surface area contributed by atoms with E-state index >= 15 is 0 Å². The van der Waals surface area contributed by atoms with Crippen molar-refractivity contribution in [1.29, 1.82) is 0 Å². The number of carboxylic acids is 1. The topological polar surface area (TPSA) is 76.6 Å². The molecular weight excluding hydrogens is 428 g/mol. The van der Waals surface area contributed by atoms with E-state index < -0.39 is 5.97 Å². The van der Waals surface area contributed by atoms with E-state index in [-0.39, 0.29) is 17.3 Å². The molecule has 0 atom stereocenters. The third-order valence-electron chi connectivity index (χ3n) is 6.04. The van der Waals surface area contributed by atoms with Gasteiger partial charge in [-0.25, -0.2) is 4.58 Å². The van der Waals surface area contributed by atoms with Gasteiger partial charge in [-0.05, 0) is 29.8 Å². The van der Waals surface area contributed by atoms with Gasteiger partial charge in [0, 0.05) is 65.5 Å². The van der Waals surface area contributed by atoms with Gasteiger partial charge in [-0.1, -0.05) is 26.0 Å². The van der Waals surface area contributed by atoms with Gasteiger partial charge in [0.2, 0.25) is 5.36 Å². The van der Waals surface area contributed by atoms with Crippen LogP contribution in [-0.2, 0) is 0 Å². The quantitative estimate of drug-likeness (QED) is 0.261. The fourth-order valence-corrected chi connectivity index (χ4v) is 4.13. The fourth-order valence-electron chi connectivity index (χ4n) is 4.13. The van der Waals surface area contributed by atoms with Crippen molar-refractivity contribution in [3.05, 3.63) is 71.1 Å². The molecule has 0 saturated carbocycles. The van der Waals surface area contributed by atoms with E-state index in [1.54, 1.807) is 26.0 Å². The molecule has 1 aliphatic heterocycles. The minimum atomic E-state index is -1.33. The maximum absolute atomic E-state index is 12.6. The van der Waals surface area contributed by atoms with Crippen LogP contribution in [0.15, 0.2) is 59.0 Å². The molecule has 0 saturated heterocycles. The highest BCUT2D eigenvalue weighted by atomic mass is 16.4. The first-order valence-electron chi connectivity index (χ1n) is 11.2. The lowest BCUT2D eigenvalue weighted by Gasteiger charge is -2.20. The number of nitrogens with zero attached hydrogens (tertiary/aromatic N) is 2. The Labute approximate surface area is 198 Å². The molecular formula is C28H28N2O4. The predicted molar refractivity (Wildman–Crippen MR) is 133 cm³/mol. The van der Waals surface area contributed by atoms with Crippen LogP contribution in [0.3, 0.4) is 0 Å². The number of rotatable bonds is 5. The summed E-state index contributed by atoms with van der Waals surface area (Å²) in [5.41, 5.74) is 3.93. The van der Waals surface area contributed by atoms with Crippen LogP contribution in [0.1, 0.15) is 34.6 Å². The van der Waals surface area contributed by atoms with Crippen molar-refractivity contribution < 1.29 is 19.1 Å². The molecule has 6 nitrogen and oxygen atoms in total. The number of ketones is 1. The van der Waals surface area contributed by atoms with Gasteiger partial charge in [-0.3, -0.25) is 4.79 Å². The zero-order chi connectivity index (χ0) is 24.7. The normalized spacial score (nSPS) is 11.3. The number of carbonyl (C=O) groups excluding carboxylic acids is 2. The highest BCUT2D eigenvalue weighted by molar-refractivity contribution is 6.09. The average molecular weight is 457 g/mol. The smallest absolute Gasteiger partial charge is 0.203 e. The number of carbonyl (C=O) groups is 2. The number of aromatic carboxylic acids is 1. The van der Waals surface area contributed by atoms with E-state index in [2.05, 4.69) is 0 Å². The van der Waals surface area contributed by atoms with Gasteiger partial charge in [0.05, 0.1) is 12.0 Å². The van der Waals surface area contributed by atoms with Crippen molar-refractivity contribution in [2.24, 2.45) is 5.92 Å². The summed E-state index contributed by atoms with van der Waals surface area (Å²) in [5, 5.41) is 14.0. The summed E-state index contributed by atoms with van der Waals surface area (Å²) < 4.78 is 8.29. The maximum Gasteiger partial charge on any atom is 0.203 e. The minimum Gasteiger partial charge on any atom is -0.545 e. The Morgan fingerprint density at radius 2 is 1.65 bits per heavy atom. The van der Waals surface area contributed by atoms with Crippen LogP contribution in [-0.4, -0.2) is 39.9 Å². The molecule has 0 N–H and O–H groups in total. The molecule has 1 aliphatic carbocycles. The van der Waals surface area contributed by atoms with Crippen LogP contribution < -0.4 is 19.9 Å². The third kappa shape index (κ3) is 4.07. The molecule has 34 heavy (non-hydrogen) atoms. The second kappa shape index (κ2) is 8.78. The number of hydrogen-bond donors (Lipinski definition) is 0. The Balaban J connectivity index is 2.13. The lowest BCUT2D eigenvalue weighted by molar-refractivity contribution is -0.254. The maximum atomic E-state index is 12.6. The minimum absolute atomic E-state index is 0.0197. The fraction of sp³-hybridized carbons (Fsp3) is 0.250. The number of hydrogen-bond acceptors (Lipinski definition) is 5. The summed E-state index contributed by atoms with van der Waals surface area (Å²) in [6, 6.07) is 16.5. The first-order valence-corrected chi connectivity index (χ1v) is 11.2. The van der Waals surface area contributed by atoms with Crippen LogP contribution >= 0.6 is 0 Å². The highest BCUT2D eigenvalue weighted by Gasteiger charge is 2.22.